The van der Waals surface area contributed by atoms with Crippen LogP contribution in [-0.2, 0) is 4.79 Å². The quantitative estimate of drug-likeness (QED) is 0.856. The van der Waals surface area contributed by atoms with Crippen molar-refractivity contribution in [3.05, 3.63) is 54.3 Å². The maximum Gasteiger partial charge on any atom is 0.246 e. The zero-order valence-corrected chi connectivity index (χ0v) is 12.6. The molecule has 2 N–H and O–H groups in total. The molecule has 116 valence electrons. The summed E-state index contributed by atoms with van der Waals surface area (Å²) in [5.74, 6) is 0.0135. The molecule has 1 amide bonds. The van der Waals surface area contributed by atoms with Crippen molar-refractivity contribution in [2.75, 3.05) is 17.2 Å². The van der Waals surface area contributed by atoms with E-state index in [2.05, 4.69) is 10.6 Å². The summed E-state index contributed by atoms with van der Waals surface area (Å²) in [6.07, 6.45) is 0. The van der Waals surface area contributed by atoms with Crippen LogP contribution in [0.4, 0.5) is 15.8 Å². The topological polar surface area (TPSA) is 50.4 Å². The Balaban J connectivity index is 1.95. The number of anilines is 2. The number of carbonyl (C=O) groups is 1. The minimum atomic E-state index is -0.502. The van der Waals surface area contributed by atoms with E-state index in [-0.39, 0.29) is 11.6 Å². The number of halogens is 1. The van der Waals surface area contributed by atoms with Gasteiger partial charge in [-0.1, -0.05) is 12.1 Å². The van der Waals surface area contributed by atoms with Gasteiger partial charge in [0.05, 0.1) is 12.3 Å². The fourth-order valence-corrected chi connectivity index (χ4v) is 1.93. The Morgan fingerprint density at radius 1 is 1.18 bits per heavy atom. The van der Waals surface area contributed by atoms with E-state index in [0.29, 0.717) is 6.61 Å². The Morgan fingerprint density at radius 3 is 2.50 bits per heavy atom. The second-order valence-corrected chi connectivity index (χ2v) is 4.79. The molecule has 5 heteroatoms. The van der Waals surface area contributed by atoms with Crippen LogP contribution in [0, 0.1) is 5.82 Å². The Hall–Kier alpha value is -2.56. The third kappa shape index (κ3) is 4.22. The summed E-state index contributed by atoms with van der Waals surface area (Å²) in [4.78, 5) is 12.1. The summed E-state index contributed by atoms with van der Waals surface area (Å²) in [6, 6.07) is 12.9. The van der Waals surface area contributed by atoms with E-state index in [1.54, 1.807) is 19.1 Å². The van der Waals surface area contributed by atoms with Crippen LogP contribution in [0.2, 0.25) is 0 Å². The maximum absolute atomic E-state index is 13.5. The third-order valence-electron chi connectivity index (χ3n) is 3.07. The molecule has 0 aliphatic carbocycles. The van der Waals surface area contributed by atoms with E-state index in [1.807, 2.05) is 31.2 Å². The van der Waals surface area contributed by atoms with E-state index < -0.39 is 11.9 Å². The van der Waals surface area contributed by atoms with E-state index in [0.717, 1.165) is 11.4 Å². The molecule has 22 heavy (non-hydrogen) atoms. The van der Waals surface area contributed by atoms with Gasteiger partial charge in [-0.25, -0.2) is 4.39 Å². The van der Waals surface area contributed by atoms with Crippen LogP contribution in [0.25, 0.3) is 0 Å². The minimum Gasteiger partial charge on any atom is -0.494 e. The number of carbonyl (C=O) groups excluding carboxylic acids is 1. The highest BCUT2D eigenvalue weighted by Crippen LogP contribution is 2.17. The SMILES string of the molecule is CCOc1ccc(N[C@H](C)C(=O)Nc2ccccc2F)cc1. The second kappa shape index (κ2) is 7.45. The van der Waals surface area contributed by atoms with Crippen molar-refractivity contribution in [3.8, 4) is 5.75 Å². The van der Waals surface area contributed by atoms with Crippen molar-refractivity contribution in [1.82, 2.24) is 0 Å². The summed E-state index contributed by atoms with van der Waals surface area (Å²) in [5, 5.41) is 5.62. The Morgan fingerprint density at radius 2 is 1.86 bits per heavy atom. The summed E-state index contributed by atoms with van der Waals surface area (Å²) >= 11 is 0. The molecule has 0 spiro atoms. The van der Waals surface area contributed by atoms with Crippen molar-refractivity contribution in [1.29, 1.82) is 0 Å². The van der Waals surface area contributed by atoms with Crippen LogP contribution < -0.4 is 15.4 Å². The average molecular weight is 302 g/mol. The van der Waals surface area contributed by atoms with Crippen molar-refractivity contribution >= 4 is 17.3 Å². The van der Waals surface area contributed by atoms with Crippen LogP contribution in [0.1, 0.15) is 13.8 Å². The van der Waals surface area contributed by atoms with Crippen molar-refractivity contribution in [2.24, 2.45) is 0 Å². The van der Waals surface area contributed by atoms with E-state index >= 15 is 0 Å². The largest absolute Gasteiger partial charge is 0.494 e. The Labute approximate surface area is 129 Å². The summed E-state index contributed by atoms with van der Waals surface area (Å²) in [5.41, 5.74) is 0.965. The molecule has 0 aliphatic rings. The van der Waals surface area contributed by atoms with E-state index in [4.69, 9.17) is 4.74 Å². The van der Waals surface area contributed by atoms with Gasteiger partial charge in [0.1, 0.15) is 17.6 Å². The molecule has 0 heterocycles. The van der Waals surface area contributed by atoms with Crippen LogP contribution in [0.3, 0.4) is 0 Å². The minimum absolute atomic E-state index is 0.174. The van der Waals surface area contributed by atoms with Gasteiger partial charge in [-0.2, -0.15) is 0 Å². The third-order valence-corrected chi connectivity index (χ3v) is 3.07. The number of amides is 1. The molecule has 0 unspecified atom stereocenters. The molecule has 1 atom stereocenters. The summed E-state index contributed by atoms with van der Waals surface area (Å²) in [7, 11) is 0. The first-order chi connectivity index (χ1) is 10.6. The molecule has 2 aromatic carbocycles. The standard InChI is InChI=1S/C17H19FN2O2/c1-3-22-14-10-8-13(9-11-14)19-12(2)17(21)20-16-7-5-4-6-15(16)18/h4-12,19H,3H2,1-2H3,(H,20,21)/t12-/m1/s1. The first-order valence-electron chi connectivity index (χ1n) is 7.15. The average Bonchev–Trinajstić information content (AvgIpc) is 2.51. The van der Waals surface area contributed by atoms with Crippen LogP contribution in [0.15, 0.2) is 48.5 Å². The lowest BCUT2D eigenvalue weighted by Crippen LogP contribution is -2.32. The zero-order chi connectivity index (χ0) is 15.9. The number of hydrogen-bond donors (Lipinski definition) is 2. The van der Waals surface area contributed by atoms with Gasteiger partial charge in [0.25, 0.3) is 0 Å². The fraction of sp³-hybridized carbons (Fsp3) is 0.235. The van der Waals surface area contributed by atoms with Gasteiger partial charge in [-0.05, 0) is 50.2 Å². The molecular weight excluding hydrogens is 283 g/mol. The first kappa shape index (κ1) is 15.8. The highest BCUT2D eigenvalue weighted by Gasteiger charge is 2.14. The lowest BCUT2D eigenvalue weighted by Gasteiger charge is -2.16. The highest BCUT2D eigenvalue weighted by molar-refractivity contribution is 5.96. The molecule has 2 rings (SSSR count). The van der Waals surface area contributed by atoms with Gasteiger partial charge >= 0.3 is 0 Å². The molecule has 2 aromatic rings. The fourth-order valence-electron chi connectivity index (χ4n) is 1.93. The number of rotatable bonds is 6. The molecule has 0 fully saturated rings. The molecule has 0 aromatic heterocycles. The summed E-state index contributed by atoms with van der Waals surface area (Å²) in [6.45, 7) is 4.24. The lowest BCUT2D eigenvalue weighted by molar-refractivity contribution is -0.116. The normalized spacial score (nSPS) is 11.6. The molecule has 0 radical (unpaired) electrons. The van der Waals surface area contributed by atoms with Gasteiger partial charge in [0.15, 0.2) is 0 Å². The molecule has 0 saturated heterocycles. The highest BCUT2D eigenvalue weighted by atomic mass is 19.1. The Bertz CT molecular complexity index is 629. The number of ether oxygens (including phenoxy) is 1. The van der Waals surface area contributed by atoms with E-state index in [9.17, 15) is 9.18 Å². The van der Waals surface area contributed by atoms with Crippen molar-refractivity contribution in [2.45, 2.75) is 19.9 Å². The monoisotopic (exact) mass is 302 g/mol. The van der Waals surface area contributed by atoms with Gasteiger partial charge in [-0.3, -0.25) is 4.79 Å². The zero-order valence-electron chi connectivity index (χ0n) is 12.6. The molecule has 0 bridgehead atoms. The van der Waals surface area contributed by atoms with E-state index in [1.165, 1.54) is 12.1 Å². The van der Waals surface area contributed by atoms with Crippen LogP contribution in [-0.4, -0.2) is 18.6 Å². The second-order valence-electron chi connectivity index (χ2n) is 4.79. The number of hydrogen-bond acceptors (Lipinski definition) is 3. The molecule has 0 saturated carbocycles. The van der Waals surface area contributed by atoms with Crippen LogP contribution >= 0.6 is 0 Å². The lowest BCUT2D eigenvalue weighted by atomic mass is 10.2. The maximum atomic E-state index is 13.5. The first-order valence-corrected chi connectivity index (χ1v) is 7.15. The summed E-state index contributed by atoms with van der Waals surface area (Å²) < 4.78 is 18.9. The van der Waals surface area contributed by atoms with Crippen molar-refractivity contribution in [3.63, 3.8) is 0 Å². The van der Waals surface area contributed by atoms with Gasteiger partial charge in [0.2, 0.25) is 5.91 Å². The van der Waals surface area contributed by atoms with Gasteiger partial charge in [-0.15, -0.1) is 0 Å². The Kier molecular flexibility index (Phi) is 5.36. The van der Waals surface area contributed by atoms with Gasteiger partial charge in [0, 0.05) is 5.69 Å². The smallest absolute Gasteiger partial charge is 0.246 e. The predicted octanol–water partition coefficient (Wildman–Crippen LogP) is 3.66. The molecule has 4 nitrogen and oxygen atoms in total. The molecule has 0 aliphatic heterocycles. The number of para-hydroxylation sites is 1. The van der Waals surface area contributed by atoms with Crippen LogP contribution in [0.5, 0.6) is 5.75 Å². The number of benzene rings is 2. The van der Waals surface area contributed by atoms with Crippen molar-refractivity contribution < 1.29 is 13.9 Å². The number of nitrogens with one attached hydrogen (secondary N) is 2. The molecular formula is C17H19FN2O2. The predicted molar refractivity (Wildman–Crippen MR) is 85.7 cm³/mol. The van der Waals surface area contributed by atoms with Gasteiger partial charge < -0.3 is 15.4 Å².